The second kappa shape index (κ2) is 9.42. The van der Waals surface area contributed by atoms with Gasteiger partial charge in [0.25, 0.3) is 0 Å². The van der Waals surface area contributed by atoms with E-state index >= 15 is 0 Å². The number of hydrogen-bond donors (Lipinski definition) is 2. The molecule has 2 aromatic rings. The van der Waals surface area contributed by atoms with Crippen molar-refractivity contribution in [3.8, 4) is 11.5 Å². The first-order chi connectivity index (χ1) is 10.7. The minimum atomic E-state index is -0.00128. The highest BCUT2D eigenvalue weighted by Gasteiger charge is 2.27. The van der Waals surface area contributed by atoms with E-state index in [0.717, 1.165) is 24.8 Å². The molecule has 2 atom stereocenters. The maximum Gasteiger partial charge on any atom is 0.227 e. The van der Waals surface area contributed by atoms with Crippen LogP contribution in [0.5, 0.6) is 0 Å². The number of aryl methyl sites for hydroxylation is 1. The molecule has 2 heterocycles. The lowest BCUT2D eigenvalue weighted by atomic mass is 10.0. The molecule has 134 valence electrons. The Hall–Kier alpha value is -1.08. The van der Waals surface area contributed by atoms with Crippen molar-refractivity contribution in [3.63, 3.8) is 0 Å². The van der Waals surface area contributed by atoms with E-state index in [1.54, 1.807) is 11.3 Å². The Labute approximate surface area is 158 Å². The number of carbonyl (C=O) groups is 1. The number of thiophene rings is 1. The van der Waals surface area contributed by atoms with Gasteiger partial charge in [-0.05, 0) is 43.7 Å². The molecule has 0 radical (unpaired) electrons. The molecule has 5 nitrogen and oxygen atoms in total. The lowest BCUT2D eigenvalue weighted by molar-refractivity contribution is -0.121. The van der Waals surface area contributed by atoms with Crippen LogP contribution >= 0.6 is 36.2 Å². The molecule has 1 amide bonds. The van der Waals surface area contributed by atoms with Crippen molar-refractivity contribution in [3.05, 3.63) is 28.3 Å². The molecule has 0 spiro atoms. The maximum absolute atomic E-state index is 12.2. The molecular formula is C16H23Cl2N3O2S. The van der Waals surface area contributed by atoms with Crippen molar-refractivity contribution >= 4 is 42.1 Å². The normalized spacial score (nSPS) is 19.4. The summed E-state index contributed by atoms with van der Waals surface area (Å²) >= 11 is 1.60. The summed E-state index contributed by atoms with van der Waals surface area (Å²) in [5.41, 5.74) is 7.42. The highest BCUT2D eigenvalue weighted by Crippen LogP contribution is 2.26. The fraction of sp³-hybridized carbons (Fsp3) is 0.500. The number of carbonyl (C=O) groups excluding carboxylic acids is 1. The fourth-order valence-corrected chi connectivity index (χ4v) is 3.65. The third-order valence-electron chi connectivity index (χ3n) is 4.30. The molecule has 8 heteroatoms. The monoisotopic (exact) mass is 391 g/mol. The van der Waals surface area contributed by atoms with Crippen molar-refractivity contribution in [2.24, 2.45) is 11.7 Å². The standard InChI is InChI=1S/C16H21N3O2S.2ClH/c1-10-14(19-16(21-10)12-5-6-22-9-12)7-15(20)18-13-4-2-3-11(13)8-17;;/h5-6,9,11,13H,2-4,7-8,17H2,1H3,(H,18,20);2*1H. The minimum absolute atomic E-state index is 0. The highest BCUT2D eigenvalue weighted by molar-refractivity contribution is 7.08. The van der Waals surface area contributed by atoms with Gasteiger partial charge in [0.15, 0.2) is 0 Å². The summed E-state index contributed by atoms with van der Waals surface area (Å²) in [6.45, 7) is 2.49. The molecule has 0 aliphatic heterocycles. The van der Waals surface area contributed by atoms with Gasteiger partial charge in [0, 0.05) is 17.0 Å². The van der Waals surface area contributed by atoms with E-state index in [2.05, 4.69) is 10.3 Å². The van der Waals surface area contributed by atoms with E-state index in [9.17, 15) is 4.79 Å². The van der Waals surface area contributed by atoms with Crippen LogP contribution in [0.4, 0.5) is 0 Å². The molecule has 0 saturated heterocycles. The third kappa shape index (κ3) is 4.72. The molecule has 1 fully saturated rings. The van der Waals surface area contributed by atoms with Crippen molar-refractivity contribution in [2.75, 3.05) is 6.54 Å². The SMILES string of the molecule is Cc1oc(-c2ccsc2)nc1CC(=O)NC1CCCC1CN.Cl.Cl. The predicted octanol–water partition coefficient (Wildman–Crippen LogP) is 3.34. The lowest BCUT2D eigenvalue weighted by Gasteiger charge is -2.19. The molecule has 1 aliphatic rings. The summed E-state index contributed by atoms with van der Waals surface area (Å²) in [7, 11) is 0. The molecule has 1 saturated carbocycles. The molecule has 3 rings (SSSR count). The summed E-state index contributed by atoms with van der Waals surface area (Å²) in [5.74, 6) is 1.70. The van der Waals surface area contributed by atoms with Crippen molar-refractivity contribution in [1.82, 2.24) is 10.3 Å². The summed E-state index contributed by atoms with van der Waals surface area (Å²) in [5, 5.41) is 7.07. The van der Waals surface area contributed by atoms with Crippen molar-refractivity contribution < 1.29 is 9.21 Å². The molecule has 3 N–H and O–H groups in total. The van der Waals surface area contributed by atoms with Crippen molar-refractivity contribution in [2.45, 2.75) is 38.6 Å². The van der Waals surface area contributed by atoms with Gasteiger partial charge in [-0.25, -0.2) is 4.98 Å². The lowest BCUT2D eigenvalue weighted by Crippen LogP contribution is -2.40. The van der Waals surface area contributed by atoms with Gasteiger partial charge in [-0.3, -0.25) is 4.79 Å². The van der Waals surface area contributed by atoms with Gasteiger partial charge in [0.1, 0.15) is 5.76 Å². The average molecular weight is 392 g/mol. The van der Waals surface area contributed by atoms with Gasteiger partial charge < -0.3 is 15.5 Å². The Morgan fingerprint density at radius 1 is 1.46 bits per heavy atom. The maximum atomic E-state index is 12.2. The van der Waals surface area contributed by atoms with Crippen LogP contribution in [-0.4, -0.2) is 23.5 Å². The number of rotatable bonds is 5. The molecule has 2 aromatic heterocycles. The average Bonchev–Trinajstić information content (AvgIpc) is 3.21. The Kier molecular flexibility index (Phi) is 8.22. The van der Waals surface area contributed by atoms with Crippen LogP contribution in [0.3, 0.4) is 0 Å². The molecule has 24 heavy (non-hydrogen) atoms. The number of hydrogen-bond acceptors (Lipinski definition) is 5. The molecular weight excluding hydrogens is 369 g/mol. The van der Waals surface area contributed by atoms with Gasteiger partial charge in [-0.15, -0.1) is 24.8 Å². The number of nitrogens with one attached hydrogen (secondary N) is 1. The number of nitrogens with zero attached hydrogens (tertiary/aromatic N) is 1. The van der Waals surface area contributed by atoms with Crippen LogP contribution in [0, 0.1) is 12.8 Å². The van der Waals surface area contributed by atoms with Gasteiger partial charge in [-0.2, -0.15) is 11.3 Å². The van der Waals surface area contributed by atoms with E-state index < -0.39 is 0 Å². The van der Waals surface area contributed by atoms with Crippen LogP contribution < -0.4 is 11.1 Å². The van der Waals surface area contributed by atoms with Crippen LogP contribution in [-0.2, 0) is 11.2 Å². The number of oxazole rings is 1. The zero-order valence-electron chi connectivity index (χ0n) is 13.5. The second-order valence-corrected chi connectivity index (χ2v) is 6.59. The fourth-order valence-electron chi connectivity index (χ4n) is 3.02. The van der Waals surface area contributed by atoms with E-state index in [-0.39, 0.29) is 43.2 Å². The summed E-state index contributed by atoms with van der Waals surface area (Å²) in [6.07, 6.45) is 3.52. The molecule has 1 aliphatic carbocycles. The van der Waals surface area contributed by atoms with Crippen molar-refractivity contribution in [1.29, 1.82) is 0 Å². The van der Waals surface area contributed by atoms with Crippen LogP contribution in [0.25, 0.3) is 11.5 Å². The molecule has 0 bridgehead atoms. The van der Waals surface area contributed by atoms with Crippen LogP contribution in [0.2, 0.25) is 0 Å². The Balaban J connectivity index is 0.00000144. The van der Waals surface area contributed by atoms with E-state index in [4.69, 9.17) is 10.2 Å². The zero-order valence-corrected chi connectivity index (χ0v) is 15.9. The second-order valence-electron chi connectivity index (χ2n) is 5.81. The van der Waals surface area contributed by atoms with E-state index in [1.807, 2.05) is 23.8 Å². The Morgan fingerprint density at radius 3 is 2.92 bits per heavy atom. The zero-order chi connectivity index (χ0) is 15.5. The van der Waals surface area contributed by atoms with Gasteiger partial charge in [0.05, 0.1) is 12.1 Å². The summed E-state index contributed by atoms with van der Waals surface area (Å²) < 4.78 is 5.67. The quantitative estimate of drug-likeness (QED) is 0.818. The first kappa shape index (κ1) is 21.0. The topological polar surface area (TPSA) is 81.2 Å². The van der Waals surface area contributed by atoms with E-state index in [1.165, 1.54) is 0 Å². The Bertz CT molecular complexity index is 646. The molecule has 0 aromatic carbocycles. The first-order valence-electron chi connectivity index (χ1n) is 7.65. The number of halogens is 2. The number of amides is 1. The van der Waals surface area contributed by atoms with Gasteiger partial charge in [-0.1, -0.05) is 6.42 Å². The smallest absolute Gasteiger partial charge is 0.227 e. The Morgan fingerprint density at radius 2 is 2.25 bits per heavy atom. The van der Waals surface area contributed by atoms with Crippen LogP contribution in [0.15, 0.2) is 21.2 Å². The largest absolute Gasteiger partial charge is 0.441 e. The van der Waals surface area contributed by atoms with E-state index in [0.29, 0.717) is 29.8 Å². The van der Waals surface area contributed by atoms with Crippen LogP contribution in [0.1, 0.15) is 30.7 Å². The van der Waals surface area contributed by atoms with Gasteiger partial charge in [0.2, 0.25) is 11.8 Å². The third-order valence-corrected chi connectivity index (χ3v) is 4.98. The number of aromatic nitrogens is 1. The molecule has 2 unspecified atom stereocenters. The minimum Gasteiger partial charge on any atom is -0.441 e. The predicted molar refractivity (Wildman–Crippen MR) is 101 cm³/mol. The highest BCUT2D eigenvalue weighted by atomic mass is 35.5. The summed E-state index contributed by atoms with van der Waals surface area (Å²) in [4.78, 5) is 16.7. The number of nitrogens with two attached hydrogens (primary N) is 1. The first-order valence-corrected chi connectivity index (χ1v) is 8.60. The van der Waals surface area contributed by atoms with Gasteiger partial charge >= 0.3 is 0 Å². The summed E-state index contributed by atoms with van der Waals surface area (Å²) in [6, 6.07) is 2.17.